The number of hydrogen-bond acceptors (Lipinski definition) is 5. The van der Waals surface area contributed by atoms with Gasteiger partial charge in [-0.1, -0.05) is 18.0 Å². The Labute approximate surface area is 107 Å². The van der Waals surface area contributed by atoms with Crippen LogP contribution in [0.5, 0.6) is 0 Å². The molecule has 1 aromatic heterocycles. The van der Waals surface area contributed by atoms with Gasteiger partial charge >= 0.3 is 0 Å². The molecule has 1 fully saturated rings. The number of amidine groups is 1. The van der Waals surface area contributed by atoms with Gasteiger partial charge in [-0.3, -0.25) is 0 Å². The van der Waals surface area contributed by atoms with Crippen molar-refractivity contribution in [2.45, 2.75) is 38.6 Å². The Morgan fingerprint density at radius 2 is 2.17 bits per heavy atom. The number of hydrogen-bond donors (Lipinski definition) is 2. The van der Waals surface area contributed by atoms with Crippen molar-refractivity contribution >= 4 is 11.7 Å². The summed E-state index contributed by atoms with van der Waals surface area (Å²) >= 11 is 0. The highest BCUT2D eigenvalue weighted by Gasteiger charge is 2.22. The Hall–Kier alpha value is -1.85. The Balaban J connectivity index is 2.36. The van der Waals surface area contributed by atoms with Crippen LogP contribution in [0.4, 0.5) is 5.82 Å². The molecule has 0 aromatic carbocycles. The molecule has 2 heterocycles. The molecule has 1 atom stereocenters. The Kier molecular flexibility index (Phi) is 3.96. The van der Waals surface area contributed by atoms with Crippen LogP contribution in [0.25, 0.3) is 0 Å². The number of aromatic nitrogens is 2. The van der Waals surface area contributed by atoms with Crippen LogP contribution in [0.3, 0.4) is 0 Å². The van der Waals surface area contributed by atoms with E-state index in [2.05, 4.69) is 26.9 Å². The van der Waals surface area contributed by atoms with Crippen LogP contribution in [0.1, 0.15) is 38.3 Å². The average molecular weight is 249 g/mol. The third kappa shape index (κ3) is 2.52. The van der Waals surface area contributed by atoms with Gasteiger partial charge in [-0.25, -0.2) is 9.97 Å². The first kappa shape index (κ1) is 12.6. The van der Waals surface area contributed by atoms with Crippen molar-refractivity contribution in [3.8, 4) is 0 Å². The summed E-state index contributed by atoms with van der Waals surface area (Å²) in [4.78, 5) is 10.7. The molecule has 0 radical (unpaired) electrons. The first-order chi connectivity index (χ1) is 8.74. The van der Waals surface area contributed by atoms with E-state index >= 15 is 0 Å². The van der Waals surface area contributed by atoms with Crippen molar-refractivity contribution in [3.63, 3.8) is 0 Å². The van der Waals surface area contributed by atoms with Gasteiger partial charge in [0.05, 0.1) is 0 Å². The van der Waals surface area contributed by atoms with E-state index in [0.29, 0.717) is 17.6 Å². The molecule has 1 unspecified atom stereocenters. The predicted molar refractivity (Wildman–Crippen MR) is 69.8 cm³/mol. The number of nitrogens with zero attached hydrogens (tertiary/aromatic N) is 4. The van der Waals surface area contributed by atoms with Gasteiger partial charge < -0.3 is 15.8 Å². The zero-order valence-electron chi connectivity index (χ0n) is 10.6. The van der Waals surface area contributed by atoms with Crippen LogP contribution in [0.2, 0.25) is 0 Å². The van der Waals surface area contributed by atoms with E-state index in [1.165, 1.54) is 12.8 Å². The Morgan fingerprint density at radius 3 is 2.94 bits per heavy atom. The first-order valence-electron chi connectivity index (χ1n) is 6.29. The maximum absolute atomic E-state index is 8.81. The highest BCUT2D eigenvalue weighted by Crippen LogP contribution is 2.24. The quantitative estimate of drug-likeness (QED) is 0.357. The van der Waals surface area contributed by atoms with Crippen LogP contribution in [0.15, 0.2) is 17.5 Å². The molecule has 0 saturated carbocycles. The molecule has 1 aliphatic rings. The minimum atomic E-state index is 0.00884. The van der Waals surface area contributed by atoms with E-state index in [0.717, 1.165) is 19.4 Å². The molecular weight excluding hydrogens is 230 g/mol. The summed E-state index contributed by atoms with van der Waals surface area (Å²) in [5.41, 5.74) is 6.11. The zero-order chi connectivity index (χ0) is 13.0. The van der Waals surface area contributed by atoms with E-state index < -0.39 is 0 Å². The van der Waals surface area contributed by atoms with Gasteiger partial charge in [0, 0.05) is 25.0 Å². The van der Waals surface area contributed by atoms with Crippen molar-refractivity contribution in [3.05, 3.63) is 18.1 Å². The second kappa shape index (κ2) is 5.66. The lowest BCUT2D eigenvalue weighted by atomic mass is 10.1. The largest absolute Gasteiger partial charge is 0.409 e. The molecule has 1 aliphatic heterocycles. The van der Waals surface area contributed by atoms with Crippen LogP contribution < -0.4 is 10.6 Å². The standard InChI is InChI=1S/C12H19N5O/c1-9-5-3-2-4-8-17(9)12-10(11(13)16-18)14-6-7-15-12/h6-7,9,18H,2-5,8H2,1H3,(H2,13,16). The maximum atomic E-state index is 8.81. The molecule has 1 aromatic rings. The van der Waals surface area contributed by atoms with Gasteiger partial charge in [-0.15, -0.1) is 0 Å². The fraction of sp³-hybridized carbons (Fsp3) is 0.583. The van der Waals surface area contributed by atoms with Gasteiger partial charge in [0.2, 0.25) is 0 Å². The fourth-order valence-electron chi connectivity index (χ4n) is 2.36. The van der Waals surface area contributed by atoms with Crippen molar-refractivity contribution in [2.24, 2.45) is 10.9 Å². The van der Waals surface area contributed by atoms with Crippen molar-refractivity contribution in [1.82, 2.24) is 9.97 Å². The van der Waals surface area contributed by atoms with Gasteiger partial charge in [0.15, 0.2) is 17.3 Å². The average Bonchev–Trinajstić information content (AvgIpc) is 2.62. The molecule has 0 amide bonds. The van der Waals surface area contributed by atoms with Gasteiger partial charge in [-0.2, -0.15) is 0 Å². The molecule has 0 bridgehead atoms. The molecule has 3 N–H and O–H groups in total. The maximum Gasteiger partial charge on any atom is 0.192 e. The van der Waals surface area contributed by atoms with Crippen LogP contribution in [-0.2, 0) is 0 Å². The Morgan fingerprint density at radius 1 is 1.39 bits per heavy atom. The van der Waals surface area contributed by atoms with Crippen LogP contribution in [-0.4, -0.2) is 33.6 Å². The molecule has 1 saturated heterocycles. The highest BCUT2D eigenvalue weighted by molar-refractivity contribution is 5.99. The molecular formula is C12H19N5O. The van der Waals surface area contributed by atoms with E-state index in [1.807, 2.05) is 0 Å². The van der Waals surface area contributed by atoms with E-state index in [1.54, 1.807) is 12.4 Å². The summed E-state index contributed by atoms with van der Waals surface area (Å²) in [6.07, 6.45) is 7.93. The molecule has 0 aliphatic carbocycles. The third-order valence-corrected chi connectivity index (χ3v) is 3.35. The number of anilines is 1. The molecule has 18 heavy (non-hydrogen) atoms. The number of rotatable bonds is 2. The van der Waals surface area contributed by atoms with E-state index in [9.17, 15) is 0 Å². The van der Waals surface area contributed by atoms with Gasteiger partial charge in [0.1, 0.15) is 0 Å². The van der Waals surface area contributed by atoms with Crippen molar-refractivity contribution < 1.29 is 5.21 Å². The number of nitrogens with two attached hydrogens (primary N) is 1. The SMILES string of the molecule is CC1CCCCCN1c1nccnc1C(N)=NO. The minimum absolute atomic E-state index is 0.00884. The lowest BCUT2D eigenvalue weighted by Gasteiger charge is -2.29. The fourth-order valence-corrected chi connectivity index (χ4v) is 2.36. The van der Waals surface area contributed by atoms with Crippen molar-refractivity contribution in [1.29, 1.82) is 0 Å². The molecule has 98 valence electrons. The smallest absolute Gasteiger partial charge is 0.192 e. The normalized spacial score (nSPS) is 21.7. The molecule has 0 spiro atoms. The predicted octanol–water partition coefficient (Wildman–Crippen LogP) is 1.34. The van der Waals surface area contributed by atoms with E-state index in [4.69, 9.17) is 10.9 Å². The van der Waals surface area contributed by atoms with Crippen LogP contribution >= 0.6 is 0 Å². The lowest BCUT2D eigenvalue weighted by Crippen LogP contribution is -2.35. The monoisotopic (exact) mass is 249 g/mol. The summed E-state index contributed by atoms with van der Waals surface area (Å²) < 4.78 is 0. The summed E-state index contributed by atoms with van der Waals surface area (Å²) in [5, 5.41) is 11.8. The second-order valence-electron chi connectivity index (χ2n) is 4.61. The summed E-state index contributed by atoms with van der Waals surface area (Å²) in [6, 6.07) is 0.398. The van der Waals surface area contributed by atoms with E-state index in [-0.39, 0.29) is 5.84 Å². The lowest BCUT2D eigenvalue weighted by molar-refractivity contribution is 0.318. The summed E-state index contributed by atoms with van der Waals surface area (Å²) in [7, 11) is 0. The zero-order valence-corrected chi connectivity index (χ0v) is 10.6. The first-order valence-corrected chi connectivity index (χ1v) is 6.29. The molecule has 2 rings (SSSR count). The summed E-state index contributed by atoms with van der Waals surface area (Å²) in [5.74, 6) is 0.719. The molecule has 6 heteroatoms. The summed E-state index contributed by atoms with van der Waals surface area (Å²) in [6.45, 7) is 3.11. The molecule has 6 nitrogen and oxygen atoms in total. The van der Waals surface area contributed by atoms with Gasteiger partial charge in [0.25, 0.3) is 0 Å². The van der Waals surface area contributed by atoms with Crippen molar-refractivity contribution in [2.75, 3.05) is 11.4 Å². The third-order valence-electron chi connectivity index (χ3n) is 3.35. The van der Waals surface area contributed by atoms with Crippen LogP contribution in [0, 0.1) is 0 Å². The Bertz CT molecular complexity index is 434. The van der Waals surface area contributed by atoms with Gasteiger partial charge in [-0.05, 0) is 19.8 Å². The number of oxime groups is 1. The second-order valence-corrected chi connectivity index (χ2v) is 4.61. The minimum Gasteiger partial charge on any atom is -0.409 e. The topological polar surface area (TPSA) is 87.6 Å². The highest BCUT2D eigenvalue weighted by atomic mass is 16.4.